The molecule has 0 unspecified atom stereocenters. The van der Waals surface area contributed by atoms with Crippen molar-refractivity contribution in [1.29, 1.82) is 0 Å². The van der Waals surface area contributed by atoms with Gasteiger partial charge in [-0.2, -0.15) is 0 Å². The summed E-state index contributed by atoms with van der Waals surface area (Å²) in [5.74, 6) is 0.325. The first kappa shape index (κ1) is 20.1. The molecule has 3 atom stereocenters. The van der Waals surface area contributed by atoms with Gasteiger partial charge in [0, 0.05) is 12.1 Å². The lowest BCUT2D eigenvalue weighted by atomic mass is 9.97. The fourth-order valence-electron chi connectivity index (χ4n) is 3.41. The molecule has 0 bridgehead atoms. The van der Waals surface area contributed by atoms with Gasteiger partial charge in [0.15, 0.2) is 17.6 Å². The Morgan fingerprint density at radius 1 is 1.19 bits per heavy atom. The van der Waals surface area contributed by atoms with Crippen LogP contribution in [0, 0.1) is 0 Å². The third-order valence-corrected chi connectivity index (χ3v) is 4.78. The van der Waals surface area contributed by atoms with E-state index in [4.69, 9.17) is 14.2 Å². The molecule has 1 heterocycles. The molecular weight excluding hydrogens is 334 g/mol. The summed E-state index contributed by atoms with van der Waals surface area (Å²) in [6.07, 6.45) is 2.24. The molecule has 6 heteroatoms. The molecular formula is C20H29NO5. The fourth-order valence-corrected chi connectivity index (χ4v) is 3.41. The number of methoxy groups -OCH3 is 1. The highest BCUT2D eigenvalue weighted by Gasteiger charge is 2.33. The SMILES string of the molecule is CCOc1ccc(C(=O)O[C@H](C)C(=O)N2[C@@H](C)CCC[C@@H]2C)cc1OC. The third kappa shape index (κ3) is 4.48. The van der Waals surface area contributed by atoms with Crippen LogP contribution in [0.2, 0.25) is 0 Å². The summed E-state index contributed by atoms with van der Waals surface area (Å²) in [5.41, 5.74) is 0.324. The second kappa shape index (κ2) is 8.92. The summed E-state index contributed by atoms with van der Waals surface area (Å²) < 4.78 is 16.1. The number of carbonyl (C=O) groups excluding carboxylic acids is 2. The van der Waals surface area contributed by atoms with E-state index in [1.807, 2.05) is 25.7 Å². The van der Waals surface area contributed by atoms with Gasteiger partial charge >= 0.3 is 5.97 Å². The number of benzene rings is 1. The van der Waals surface area contributed by atoms with Gasteiger partial charge in [-0.15, -0.1) is 0 Å². The van der Waals surface area contributed by atoms with Gasteiger partial charge in [-0.05, 0) is 65.2 Å². The van der Waals surface area contributed by atoms with Crippen molar-refractivity contribution in [3.8, 4) is 11.5 Å². The summed E-state index contributed by atoms with van der Waals surface area (Å²) in [4.78, 5) is 27.1. The van der Waals surface area contributed by atoms with Crippen LogP contribution in [0.5, 0.6) is 11.5 Å². The van der Waals surface area contributed by atoms with E-state index in [1.54, 1.807) is 25.1 Å². The van der Waals surface area contributed by atoms with Crippen LogP contribution in [0.1, 0.15) is 57.3 Å². The number of ether oxygens (including phenoxy) is 3. The van der Waals surface area contributed by atoms with E-state index in [2.05, 4.69) is 0 Å². The summed E-state index contributed by atoms with van der Waals surface area (Å²) >= 11 is 0. The molecule has 0 spiro atoms. The molecule has 1 aliphatic rings. The van der Waals surface area contributed by atoms with E-state index in [-0.39, 0.29) is 18.0 Å². The largest absolute Gasteiger partial charge is 0.493 e. The van der Waals surface area contributed by atoms with Crippen molar-refractivity contribution >= 4 is 11.9 Å². The zero-order chi connectivity index (χ0) is 19.3. The molecule has 1 fully saturated rings. The topological polar surface area (TPSA) is 65.1 Å². The minimum atomic E-state index is -0.830. The van der Waals surface area contributed by atoms with E-state index in [1.165, 1.54) is 7.11 Å². The Morgan fingerprint density at radius 3 is 2.42 bits per heavy atom. The first-order chi connectivity index (χ1) is 12.4. The molecule has 1 amide bonds. The van der Waals surface area contributed by atoms with Crippen LogP contribution in [0.25, 0.3) is 0 Å². The summed E-state index contributed by atoms with van der Waals surface area (Å²) in [5, 5.41) is 0. The van der Waals surface area contributed by atoms with Gasteiger partial charge in [0.25, 0.3) is 5.91 Å². The first-order valence-electron chi connectivity index (χ1n) is 9.23. The second-order valence-electron chi connectivity index (χ2n) is 6.72. The van der Waals surface area contributed by atoms with E-state index in [0.29, 0.717) is 23.7 Å². The number of rotatable bonds is 6. The van der Waals surface area contributed by atoms with Crippen LogP contribution in [0.15, 0.2) is 18.2 Å². The van der Waals surface area contributed by atoms with Crippen molar-refractivity contribution in [3.05, 3.63) is 23.8 Å². The highest BCUT2D eigenvalue weighted by molar-refractivity contribution is 5.93. The van der Waals surface area contributed by atoms with Crippen LogP contribution >= 0.6 is 0 Å². The molecule has 26 heavy (non-hydrogen) atoms. The highest BCUT2D eigenvalue weighted by Crippen LogP contribution is 2.29. The van der Waals surface area contributed by atoms with Crippen molar-refractivity contribution in [2.45, 2.75) is 65.1 Å². The quantitative estimate of drug-likeness (QED) is 0.725. The third-order valence-electron chi connectivity index (χ3n) is 4.78. The molecule has 0 N–H and O–H groups in total. The Bertz CT molecular complexity index is 635. The van der Waals surface area contributed by atoms with Crippen LogP contribution in [0.4, 0.5) is 0 Å². The highest BCUT2D eigenvalue weighted by atomic mass is 16.5. The monoisotopic (exact) mass is 363 g/mol. The Morgan fingerprint density at radius 2 is 1.85 bits per heavy atom. The molecule has 144 valence electrons. The molecule has 0 saturated carbocycles. The average molecular weight is 363 g/mol. The van der Waals surface area contributed by atoms with Crippen molar-refractivity contribution in [1.82, 2.24) is 4.90 Å². The maximum atomic E-state index is 12.8. The van der Waals surface area contributed by atoms with Gasteiger partial charge in [0.2, 0.25) is 0 Å². The molecule has 2 rings (SSSR count). The number of nitrogens with zero attached hydrogens (tertiary/aromatic N) is 1. The van der Waals surface area contributed by atoms with Gasteiger partial charge in [0.05, 0.1) is 19.3 Å². The Labute approximate surface area is 155 Å². The molecule has 1 saturated heterocycles. The fraction of sp³-hybridized carbons (Fsp3) is 0.600. The molecule has 0 aliphatic carbocycles. The zero-order valence-electron chi connectivity index (χ0n) is 16.3. The van der Waals surface area contributed by atoms with Crippen LogP contribution in [-0.4, -0.2) is 48.7 Å². The Balaban J connectivity index is 2.07. The zero-order valence-corrected chi connectivity index (χ0v) is 16.3. The number of piperidine rings is 1. The van der Waals surface area contributed by atoms with E-state index in [0.717, 1.165) is 19.3 Å². The molecule has 6 nitrogen and oxygen atoms in total. The van der Waals surface area contributed by atoms with Crippen molar-refractivity contribution in [2.24, 2.45) is 0 Å². The lowest BCUT2D eigenvalue weighted by Crippen LogP contribution is -2.51. The van der Waals surface area contributed by atoms with Gasteiger partial charge in [0.1, 0.15) is 0 Å². The van der Waals surface area contributed by atoms with Crippen LogP contribution in [-0.2, 0) is 9.53 Å². The summed E-state index contributed by atoms with van der Waals surface area (Å²) in [6, 6.07) is 5.17. The van der Waals surface area contributed by atoms with Crippen LogP contribution < -0.4 is 9.47 Å². The normalized spacial score (nSPS) is 21.0. The average Bonchev–Trinajstić information content (AvgIpc) is 2.61. The molecule has 1 aromatic rings. The predicted molar refractivity (Wildman–Crippen MR) is 98.7 cm³/mol. The summed E-state index contributed by atoms with van der Waals surface area (Å²) in [7, 11) is 1.51. The van der Waals surface area contributed by atoms with Crippen LogP contribution in [0.3, 0.4) is 0 Å². The minimum absolute atomic E-state index is 0.143. The maximum Gasteiger partial charge on any atom is 0.339 e. The van der Waals surface area contributed by atoms with Gasteiger partial charge in [-0.1, -0.05) is 0 Å². The standard InChI is InChI=1S/C20H29NO5/c1-6-25-17-11-10-16(12-18(17)24-5)20(23)26-15(4)19(22)21-13(2)8-7-9-14(21)3/h10-15H,6-9H2,1-5H3/t13-,14-,15+/m0/s1. The van der Waals surface area contributed by atoms with E-state index in [9.17, 15) is 9.59 Å². The molecule has 1 aromatic carbocycles. The van der Waals surface area contributed by atoms with E-state index < -0.39 is 12.1 Å². The predicted octanol–water partition coefficient (Wildman–Crippen LogP) is 3.43. The smallest absolute Gasteiger partial charge is 0.339 e. The number of hydrogen-bond acceptors (Lipinski definition) is 5. The molecule has 0 radical (unpaired) electrons. The number of hydrogen-bond donors (Lipinski definition) is 0. The first-order valence-corrected chi connectivity index (χ1v) is 9.23. The van der Waals surface area contributed by atoms with Gasteiger partial charge in [-0.25, -0.2) is 4.79 Å². The Kier molecular flexibility index (Phi) is 6.89. The lowest BCUT2D eigenvalue weighted by molar-refractivity contribution is -0.146. The summed E-state index contributed by atoms with van der Waals surface area (Å²) in [6.45, 7) is 8.08. The van der Waals surface area contributed by atoms with Gasteiger partial charge < -0.3 is 19.1 Å². The van der Waals surface area contributed by atoms with Crippen molar-refractivity contribution in [2.75, 3.05) is 13.7 Å². The minimum Gasteiger partial charge on any atom is -0.493 e. The maximum absolute atomic E-state index is 12.8. The second-order valence-corrected chi connectivity index (χ2v) is 6.72. The van der Waals surface area contributed by atoms with Crippen molar-refractivity contribution in [3.63, 3.8) is 0 Å². The molecule has 1 aliphatic heterocycles. The lowest BCUT2D eigenvalue weighted by Gasteiger charge is -2.40. The van der Waals surface area contributed by atoms with E-state index >= 15 is 0 Å². The number of carbonyl (C=O) groups is 2. The number of amides is 1. The molecule has 0 aromatic heterocycles. The Hall–Kier alpha value is -2.24. The van der Waals surface area contributed by atoms with Crippen molar-refractivity contribution < 1.29 is 23.8 Å². The number of esters is 1. The number of likely N-dealkylation sites (tertiary alicyclic amines) is 1. The van der Waals surface area contributed by atoms with Gasteiger partial charge in [-0.3, -0.25) is 4.79 Å².